The number of nitrogens with zero attached hydrogens (tertiary/aromatic N) is 2. The molecule has 3 amide bonds. The summed E-state index contributed by atoms with van der Waals surface area (Å²) in [6, 6.07) is 13.2. The van der Waals surface area contributed by atoms with Crippen molar-refractivity contribution in [2.24, 2.45) is 0 Å². The lowest BCUT2D eigenvalue weighted by atomic mass is 9.84. The Kier molecular flexibility index (Phi) is 5.99. The van der Waals surface area contributed by atoms with Gasteiger partial charge in [0.15, 0.2) is 11.6 Å². The fourth-order valence-corrected chi connectivity index (χ4v) is 6.19. The number of piperidine rings is 1. The highest BCUT2D eigenvalue weighted by Gasteiger charge is 2.42. The summed E-state index contributed by atoms with van der Waals surface area (Å²) in [5.41, 5.74) is 1.89. The molecule has 0 radical (unpaired) electrons. The molecule has 0 bridgehead atoms. The van der Waals surface area contributed by atoms with Crippen molar-refractivity contribution in [3.63, 3.8) is 0 Å². The van der Waals surface area contributed by atoms with Crippen LogP contribution in [0.3, 0.4) is 0 Å². The van der Waals surface area contributed by atoms with E-state index in [9.17, 15) is 14.4 Å². The second-order valence-corrected chi connectivity index (χ2v) is 10.4. The van der Waals surface area contributed by atoms with Crippen LogP contribution in [-0.4, -0.2) is 58.8 Å². The Hall–Kier alpha value is -3.26. The van der Waals surface area contributed by atoms with Crippen molar-refractivity contribution in [1.29, 1.82) is 0 Å². The number of carbonyl (C=O) groups excluding carboxylic acids is 3. The fourth-order valence-electron chi connectivity index (χ4n) is 6.19. The topological polar surface area (TPSA) is 79.0 Å². The van der Waals surface area contributed by atoms with Gasteiger partial charge in [-0.25, -0.2) is 4.39 Å². The van der Waals surface area contributed by atoms with Crippen molar-refractivity contribution in [1.82, 2.24) is 15.1 Å². The molecule has 2 aromatic carbocycles. The van der Waals surface area contributed by atoms with Crippen LogP contribution in [0, 0.1) is 5.82 Å². The first-order valence-electron chi connectivity index (χ1n) is 12.9. The van der Waals surface area contributed by atoms with Crippen molar-refractivity contribution in [3.05, 3.63) is 65.0 Å². The predicted octanol–water partition coefficient (Wildman–Crippen LogP) is 3.38. The largest absolute Gasteiger partial charge is 0.486 e. The van der Waals surface area contributed by atoms with E-state index in [-0.39, 0.29) is 60.2 Å². The zero-order valence-corrected chi connectivity index (χ0v) is 20.1. The molecule has 36 heavy (non-hydrogen) atoms. The zero-order chi connectivity index (χ0) is 24.8. The molecule has 2 aromatic rings. The molecule has 0 unspecified atom stereocenters. The maximum atomic E-state index is 15.6. The van der Waals surface area contributed by atoms with Gasteiger partial charge in [-0.1, -0.05) is 36.8 Å². The Balaban J connectivity index is 1.16. The first kappa shape index (κ1) is 23.2. The molecular weight excluding hydrogens is 461 g/mol. The Morgan fingerprint density at radius 3 is 2.50 bits per heavy atom. The summed E-state index contributed by atoms with van der Waals surface area (Å²) < 4.78 is 21.9. The average molecular weight is 492 g/mol. The highest BCUT2D eigenvalue weighted by Crippen LogP contribution is 2.38. The van der Waals surface area contributed by atoms with E-state index in [4.69, 9.17) is 4.74 Å². The van der Waals surface area contributed by atoms with Crippen LogP contribution in [0.15, 0.2) is 42.5 Å². The number of hydrogen-bond acceptors (Lipinski definition) is 5. The van der Waals surface area contributed by atoms with Gasteiger partial charge in [0.05, 0.1) is 6.54 Å². The average Bonchev–Trinajstić information content (AvgIpc) is 3.18. The molecule has 1 saturated carbocycles. The smallest absolute Gasteiger partial charge is 0.255 e. The zero-order valence-electron chi connectivity index (χ0n) is 20.1. The number of amides is 3. The van der Waals surface area contributed by atoms with Crippen LogP contribution in [0.5, 0.6) is 5.75 Å². The van der Waals surface area contributed by atoms with Crippen LogP contribution in [-0.2, 0) is 16.1 Å². The van der Waals surface area contributed by atoms with Crippen molar-refractivity contribution in [2.45, 2.75) is 69.2 Å². The number of imide groups is 1. The van der Waals surface area contributed by atoms with Gasteiger partial charge in [-0.2, -0.15) is 0 Å². The third kappa shape index (κ3) is 4.07. The third-order valence-electron chi connectivity index (χ3n) is 8.21. The monoisotopic (exact) mass is 491 g/mol. The second kappa shape index (κ2) is 9.32. The Labute approximate surface area is 209 Å². The molecule has 3 fully saturated rings. The first-order chi connectivity index (χ1) is 17.5. The Morgan fingerprint density at radius 2 is 1.72 bits per heavy atom. The lowest BCUT2D eigenvalue weighted by molar-refractivity contribution is -0.136. The maximum Gasteiger partial charge on any atom is 0.255 e. The van der Waals surface area contributed by atoms with Gasteiger partial charge >= 0.3 is 0 Å². The lowest BCUT2D eigenvalue weighted by Crippen LogP contribution is -2.57. The predicted molar refractivity (Wildman–Crippen MR) is 130 cm³/mol. The molecule has 6 rings (SSSR count). The minimum absolute atomic E-state index is 0.00243. The van der Waals surface area contributed by atoms with E-state index < -0.39 is 17.8 Å². The Morgan fingerprint density at radius 1 is 0.944 bits per heavy atom. The number of fused-ring (bicyclic) bond motifs is 1. The van der Waals surface area contributed by atoms with Gasteiger partial charge in [-0.3, -0.25) is 24.6 Å². The summed E-state index contributed by atoms with van der Waals surface area (Å²) in [7, 11) is 0. The van der Waals surface area contributed by atoms with Gasteiger partial charge in [0.1, 0.15) is 12.1 Å². The number of rotatable bonds is 5. The minimum Gasteiger partial charge on any atom is -0.486 e. The van der Waals surface area contributed by atoms with E-state index in [1.165, 1.54) is 10.5 Å². The molecular formula is C28H30FN3O4. The van der Waals surface area contributed by atoms with Crippen LogP contribution in [0.1, 0.15) is 65.9 Å². The van der Waals surface area contributed by atoms with Crippen LogP contribution >= 0.6 is 0 Å². The molecule has 3 atom stereocenters. The number of halogens is 1. The molecule has 2 saturated heterocycles. The van der Waals surface area contributed by atoms with Crippen LogP contribution < -0.4 is 10.1 Å². The van der Waals surface area contributed by atoms with Gasteiger partial charge in [-0.05, 0) is 43.4 Å². The number of likely N-dealkylation sites (tertiary alicyclic amines) is 1. The number of hydrogen-bond donors (Lipinski definition) is 1. The van der Waals surface area contributed by atoms with Gasteiger partial charge in [-0.15, -0.1) is 0 Å². The molecule has 0 spiro atoms. The number of carbonyl (C=O) groups is 3. The molecule has 3 heterocycles. The highest BCUT2D eigenvalue weighted by atomic mass is 19.1. The SMILES string of the molecule is O=C1CC[C@H](N2Cc3c(ccc(O[C@H]4CCCC[C@@H]4N4CC(c5ccccc5)C4)c3F)C2=O)C(=O)N1. The standard InChI is InChI=1S/C28H30FN3O4/c29-26-20-16-32(22-11-13-25(33)30-27(22)34)28(35)19(20)10-12-24(26)36-23-9-5-4-8-21(23)31-14-18(15-31)17-6-2-1-3-7-17/h1-3,6-7,10,12,18,21-23H,4-5,8-9,11,13-16H2,(H,30,33,34)/t21-,22-,23-/m0/s1. The number of ether oxygens (including phenoxy) is 1. The fraction of sp³-hybridized carbons (Fsp3) is 0.464. The summed E-state index contributed by atoms with van der Waals surface area (Å²) in [4.78, 5) is 40.6. The van der Waals surface area contributed by atoms with Crippen molar-refractivity contribution >= 4 is 17.7 Å². The van der Waals surface area contributed by atoms with E-state index >= 15 is 4.39 Å². The molecule has 1 aliphatic carbocycles. The molecule has 8 heteroatoms. The summed E-state index contributed by atoms with van der Waals surface area (Å²) in [6.45, 7) is 1.97. The van der Waals surface area contributed by atoms with E-state index in [2.05, 4.69) is 34.5 Å². The van der Waals surface area contributed by atoms with E-state index in [0.717, 1.165) is 38.8 Å². The molecule has 188 valence electrons. The molecule has 0 aromatic heterocycles. The van der Waals surface area contributed by atoms with Gasteiger partial charge in [0.25, 0.3) is 5.91 Å². The van der Waals surface area contributed by atoms with E-state index in [1.807, 2.05) is 6.07 Å². The summed E-state index contributed by atoms with van der Waals surface area (Å²) >= 11 is 0. The quantitative estimate of drug-likeness (QED) is 0.649. The molecule has 7 nitrogen and oxygen atoms in total. The number of nitrogens with one attached hydrogen (secondary N) is 1. The molecule has 4 aliphatic rings. The second-order valence-electron chi connectivity index (χ2n) is 10.4. The summed E-state index contributed by atoms with van der Waals surface area (Å²) in [5.74, 6) is -1.06. The van der Waals surface area contributed by atoms with E-state index in [1.54, 1.807) is 12.1 Å². The number of benzene rings is 2. The highest BCUT2D eigenvalue weighted by molar-refractivity contribution is 6.05. The molecule has 1 N–H and O–H groups in total. The van der Waals surface area contributed by atoms with Gasteiger partial charge in [0, 0.05) is 42.6 Å². The lowest BCUT2D eigenvalue weighted by Gasteiger charge is -2.48. The van der Waals surface area contributed by atoms with Crippen LogP contribution in [0.4, 0.5) is 4.39 Å². The minimum atomic E-state index is -0.766. The van der Waals surface area contributed by atoms with Gasteiger partial charge < -0.3 is 9.64 Å². The van der Waals surface area contributed by atoms with E-state index in [0.29, 0.717) is 5.92 Å². The first-order valence-corrected chi connectivity index (χ1v) is 12.9. The van der Waals surface area contributed by atoms with Crippen LogP contribution in [0.25, 0.3) is 0 Å². The van der Waals surface area contributed by atoms with Crippen LogP contribution in [0.2, 0.25) is 0 Å². The Bertz CT molecular complexity index is 1200. The third-order valence-corrected chi connectivity index (χ3v) is 8.21. The van der Waals surface area contributed by atoms with Crippen molar-refractivity contribution in [2.75, 3.05) is 13.1 Å². The van der Waals surface area contributed by atoms with Crippen molar-refractivity contribution in [3.8, 4) is 5.75 Å². The summed E-state index contributed by atoms with van der Waals surface area (Å²) in [5, 5.41) is 2.28. The summed E-state index contributed by atoms with van der Waals surface area (Å²) in [6.07, 6.45) is 4.39. The normalized spacial score (nSPS) is 27.0. The maximum absolute atomic E-state index is 15.6. The van der Waals surface area contributed by atoms with Gasteiger partial charge in [0.2, 0.25) is 11.8 Å². The van der Waals surface area contributed by atoms with Crippen molar-refractivity contribution < 1.29 is 23.5 Å². The molecule has 3 aliphatic heterocycles.